The highest BCUT2D eigenvalue weighted by atomic mass is 16.3. The molecule has 10 heavy (non-hydrogen) atoms. The summed E-state index contributed by atoms with van der Waals surface area (Å²) in [5.74, 6) is 0. The first-order valence-corrected chi connectivity index (χ1v) is 3.08. The van der Waals surface area contributed by atoms with Crippen molar-refractivity contribution in [3.63, 3.8) is 0 Å². The molecule has 1 rings (SSSR count). The lowest BCUT2D eigenvalue weighted by atomic mass is 10.1. The van der Waals surface area contributed by atoms with E-state index < -0.39 is 0 Å². The van der Waals surface area contributed by atoms with Crippen LogP contribution in [0.2, 0.25) is 0 Å². The molecule has 0 atom stereocenters. The number of benzene rings is 1. The smallest absolute Gasteiger partial charge is 0.0691 e. The summed E-state index contributed by atoms with van der Waals surface area (Å²) in [5.41, 5.74) is 1.41. The zero-order chi connectivity index (χ0) is 7.40. The van der Waals surface area contributed by atoms with Crippen LogP contribution in [0.1, 0.15) is 11.1 Å². The van der Waals surface area contributed by atoms with Crippen molar-refractivity contribution in [1.82, 2.24) is 0 Å². The van der Waals surface area contributed by atoms with E-state index in [1.807, 2.05) is 0 Å². The number of hydrogen-bond acceptors (Lipinski definition) is 2. The van der Waals surface area contributed by atoms with Crippen molar-refractivity contribution >= 4 is 0 Å². The maximum Gasteiger partial charge on any atom is 0.0691 e. The Balaban J connectivity index is 2.96. The maximum atomic E-state index is 8.72. The highest BCUT2D eigenvalue weighted by Crippen LogP contribution is 2.06. The predicted octanol–water partition coefficient (Wildman–Crippen LogP) is 0.471. The van der Waals surface area contributed by atoms with Gasteiger partial charge in [0.2, 0.25) is 0 Å². The van der Waals surface area contributed by atoms with Crippen molar-refractivity contribution in [2.24, 2.45) is 0 Å². The quantitative estimate of drug-likeness (QED) is 0.622. The standard InChI is InChI=1S/C8H9O2/c9-5-7-3-1-2-4-8(7)6-10/h1-3,9-10H,5-6H2. The molecule has 0 fully saturated rings. The van der Waals surface area contributed by atoms with E-state index in [0.29, 0.717) is 5.56 Å². The van der Waals surface area contributed by atoms with Crippen molar-refractivity contribution in [3.8, 4) is 0 Å². The van der Waals surface area contributed by atoms with Gasteiger partial charge < -0.3 is 10.2 Å². The van der Waals surface area contributed by atoms with Crippen LogP contribution in [0.3, 0.4) is 0 Å². The van der Waals surface area contributed by atoms with Gasteiger partial charge in [0.1, 0.15) is 0 Å². The number of aliphatic hydroxyl groups is 2. The third kappa shape index (κ3) is 1.35. The van der Waals surface area contributed by atoms with E-state index in [4.69, 9.17) is 10.2 Å². The largest absolute Gasteiger partial charge is 0.392 e. The molecule has 0 spiro atoms. The van der Waals surface area contributed by atoms with Gasteiger partial charge in [-0.3, -0.25) is 0 Å². The van der Waals surface area contributed by atoms with E-state index in [2.05, 4.69) is 6.07 Å². The first kappa shape index (κ1) is 7.25. The summed E-state index contributed by atoms with van der Waals surface area (Å²) in [6, 6.07) is 8.09. The zero-order valence-corrected chi connectivity index (χ0v) is 5.54. The summed E-state index contributed by atoms with van der Waals surface area (Å²) in [5, 5.41) is 17.4. The lowest BCUT2D eigenvalue weighted by molar-refractivity contribution is 0.260. The average Bonchev–Trinajstić information content (AvgIpc) is 2.04. The molecule has 0 aliphatic heterocycles. The highest BCUT2D eigenvalue weighted by Gasteiger charge is 1.96. The fourth-order valence-electron chi connectivity index (χ4n) is 0.802. The Morgan fingerprint density at radius 2 is 2.10 bits per heavy atom. The fourth-order valence-corrected chi connectivity index (χ4v) is 0.802. The van der Waals surface area contributed by atoms with Gasteiger partial charge in [-0.25, -0.2) is 0 Å². The van der Waals surface area contributed by atoms with Crippen molar-refractivity contribution < 1.29 is 10.2 Å². The molecular weight excluding hydrogens is 128 g/mol. The second kappa shape index (κ2) is 3.34. The van der Waals surface area contributed by atoms with Crippen LogP contribution in [-0.4, -0.2) is 10.2 Å². The fraction of sp³-hybridized carbons (Fsp3) is 0.250. The molecule has 0 heterocycles. The van der Waals surface area contributed by atoms with Crippen LogP contribution < -0.4 is 0 Å². The molecule has 1 aromatic rings. The molecule has 0 aliphatic rings. The lowest BCUT2D eigenvalue weighted by Gasteiger charge is -2.00. The zero-order valence-electron chi connectivity index (χ0n) is 5.54. The van der Waals surface area contributed by atoms with Crippen molar-refractivity contribution in [3.05, 3.63) is 35.4 Å². The van der Waals surface area contributed by atoms with Crippen LogP contribution >= 0.6 is 0 Å². The Morgan fingerprint density at radius 1 is 1.30 bits per heavy atom. The Labute approximate surface area is 59.7 Å². The normalized spacial score (nSPS) is 9.80. The lowest BCUT2D eigenvalue weighted by Crippen LogP contribution is -1.92. The summed E-state index contributed by atoms with van der Waals surface area (Å²) < 4.78 is 0. The van der Waals surface area contributed by atoms with Crippen molar-refractivity contribution in [2.75, 3.05) is 0 Å². The summed E-state index contributed by atoms with van der Waals surface area (Å²) in [6.07, 6.45) is 0. The molecule has 2 N–H and O–H groups in total. The minimum atomic E-state index is -0.0588. The number of rotatable bonds is 2. The van der Waals surface area contributed by atoms with Gasteiger partial charge in [0.05, 0.1) is 13.2 Å². The number of hydrogen-bond donors (Lipinski definition) is 2. The minimum Gasteiger partial charge on any atom is -0.392 e. The van der Waals surface area contributed by atoms with Gasteiger partial charge in [-0.2, -0.15) is 0 Å². The van der Waals surface area contributed by atoms with Gasteiger partial charge in [-0.15, -0.1) is 0 Å². The maximum absolute atomic E-state index is 8.72. The molecule has 0 aromatic heterocycles. The van der Waals surface area contributed by atoms with E-state index in [1.165, 1.54) is 0 Å². The summed E-state index contributed by atoms with van der Waals surface area (Å²) in [6.45, 7) is -0.0933. The third-order valence-corrected chi connectivity index (χ3v) is 1.37. The van der Waals surface area contributed by atoms with Gasteiger partial charge in [-0.05, 0) is 17.2 Å². The highest BCUT2D eigenvalue weighted by molar-refractivity contribution is 5.24. The van der Waals surface area contributed by atoms with Crippen LogP contribution in [0, 0.1) is 6.07 Å². The molecule has 2 nitrogen and oxygen atoms in total. The molecule has 0 aliphatic carbocycles. The molecule has 0 unspecified atom stereocenters. The van der Waals surface area contributed by atoms with Crippen LogP contribution in [-0.2, 0) is 13.2 Å². The monoisotopic (exact) mass is 137 g/mol. The van der Waals surface area contributed by atoms with Crippen LogP contribution in [0.15, 0.2) is 18.2 Å². The second-order valence-corrected chi connectivity index (χ2v) is 1.99. The summed E-state index contributed by atoms with van der Waals surface area (Å²) in [4.78, 5) is 0. The second-order valence-electron chi connectivity index (χ2n) is 1.99. The summed E-state index contributed by atoms with van der Waals surface area (Å²) in [7, 11) is 0. The Bertz CT molecular complexity index is 185. The average molecular weight is 137 g/mol. The van der Waals surface area contributed by atoms with E-state index in [9.17, 15) is 0 Å². The third-order valence-electron chi connectivity index (χ3n) is 1.37. The Morgan fingerprint density at radius 3 is 2.60 bits per heavy atom. The molecule has 0 saturated carbocycles. The molecule has 0 saturated heterocycles. The molecule has 53 valence electrons. The molecular formula is C8H9O2. The molecule has 0 amide bonds. The van der Waals surface area contributed by atoms with Crippen LogP contribution in [0.4, 0.5) is 0 Å². The first-order valence-electron chi connectivity index (χ1n) is 3.08. The van der Waals surface area contributed by atoms with E-state index in [1.54, 1.807) is 18.2 Å². The van der Waals surface area contributed by atoms with E-state index >= 15 is 0 Å². The van der Waals surface area contributed by atoms with Gasteiger partial charge in [0.15, 0.2) is 0 Å². The van der Waals surface area contributed by atoms with Gasteiger partial charge in [-0.1, -0.05) is 18.2 Å². The van der Waals surface area contributed by atoms with E-state index in [0.717, 1.165) is 5.56 Å². The van der Waals surface area contributed by atoms with Crippen LogP contribution in [0.25, 0.3) is 0 Å². The van der Waals surface area contributed by atoms with Crippen molar-refractivity contribution in [2.45, 2.75) is 13.2 Å². The van der Waals surface area contributed by atoms with Gasteiger partial charge >= 0.3 is 0 Å². The molecule has 1 radical (unpaired) electrons. The minimum absolute atomic E-state index is 0.0345. The first-order chi connectivity index (χ1) is 4.88. The summed E-state index contributed by atoms with van der Waals surface area (Å²) >= 11 is 0. The molecule has 2 heteroatoms. The molecule has 1 aromatic carbocycles. The van der Waals surface area contributed by atoms with Gasteiger partial charge in [0.25, 0.3) is 0 Å². The SMILES string of the molecule is OCc1[c]cccc1CO. The topological polar surface area (TPSA) is 40.5 Å². The molecule has 0 bridgehead atoms. The van der Waals surface area contributed by atoms with Crippen molar-refractivity contribution in [1.29, 1.82) is 0 Å². The Hall–Kier alpha value is -0.860. The van der Waals surface area contributed by atoms with Crippen LogP contribution in [0.5, 0.6) is 0 Å². The Kier molecular flexibility index (Phi) is 2.42. The predicted molar refractivity (Wildman–Crippen MR) is 37.1 cm³/mol. The van der Waals surface area contributed by atoms with Gasteiger partial charge in [0, 0.05) is 0 Å². The number of aliphatic hydroxyl groups excluding tert-OH is 2. The van der Waals surface area contributed by atoms with E-state index in [-0.39, 0.29) is 13.2 Å².